The highest BCUT2D eigenvalue weighted by molar-refractivity contribution is 7.12. The maximum atomic E-state index is 12.0. The van der Waals surface area contributed by atoms with E-state index in [0.717, 1.165) is 6.42 Å². The molecule has 0 aliphatic carbocycles. The second-order valence-electron chi connectivity index (χ2n) is 4.30. The average molecular weight is 284 g/mol. The summed E-state index contributed by atoms with van der Waals surface area (Å²) in [6.07, 6.45) is 0.793. The zero-order chi connectivity index (χ0) is 14.3. The molecule has 0 radical (unpaired) electrons. The first-order valence-corrected chi connectivity index (χ1v) is 6.96. The van der Waals surface area contributed by atoms with Gasteiger partial charge in [0.1, 0.15) is 0 Å². The van der Waals surface area contributed by atoms with Crippen molar-refractivity contribution in [3.63, 3.8) is 0 Å². The summed E-state index contributed by atoms with van der Waals surface area (Å²) in [5, 5.41) is 1.85. The quantitative estimate of drug-likeness (QED) is 0.709. The summed E-state index contributed by atoms with van der Waals surface area (Å²) in [5.41, 5.74) is 0. The van der Waals surface area contributed by atoms with Crippen molar-refractivity contribution in [3.05, 3.63) is 22.4 Å². The van der Waals surface area contributed by atoms with E-state index in [1.165, 1.54) is 16.2 Å². The van der Waals surface area contributed by atoms with Crippen molar-refractivity contribution >= 4 is 23.2 Å². The standard InChI is InChI=1S/C13H20N2O3S/c1-14(7-5-8-18-3)12(16)10-15(2)13(17)11-6-4-9-19-11/h4,6,9H,5,7-8,10H2,1-3H3. The fourth-order valence-electron chi connectivity index (χ4n) is 1.55. The molecule has 0 N–H and O–H groups in total. The first-order valence-electron chi connectivity index (χ1n) is 6.08. The van der Waals surface area contributed by atoms with E-state index in [1.807, 2.05) is 11.4 Å². The van der Waals surface area contributed by atoms with Gasteiger partial charge in [0, 0.05) is 34.4 Å². The fourth-order valence-corrected chi connectivity index (χ4v) is 2.27. The number of rotatable bonds is 7. The van der Waals surface area contributed by atoms with Crippen LogP contribution in [0.5, 0.6) is 0 Å². The minimum absolute atomic E-state index is 0.0662. The van der Waals surface area contributed by atoms with E-state index in [1.54, 1.807) is 32.2 Å². The predicted molar refractivity (Wildman–Crippen MR) is 75.4 cm³/mol. The van der Waals surface area contributed by atoms with E-state index in [2.05, 4.69) is 0 Å². The van der Waals surface area contributed by atoms with Crippen LogP contribution in [0.15, 0.2) is 17.5 Å². The summed E-state index contributed by atoms with van der Waals surface area (Å²) < 4.78 is 4.94. The van der Waals surface area contributed by atoms with E-state index >= 15 is 0 Å². The topological polar surface area (TPSA) is 49.9 Å². The minimum Gasteiger partial charge on any atom is -0.385 e. The number of carbonyl (C=O) groups is 2. The molecule has 6 heteroatoms. The van der Waals surface area contributed by atoms with Crippen molar-refractivity contribution in [1.29, 1.82) is 0 Å². The Morgan fingerprint density at radius 3 is 2.63 bits per heavy atom. The molecule has 1 rings (SSSR count). The Balaban J connectivity index is 2.41. The number of hydrogen-bond acceptors (Lipinski definition) is 4. The summed E-state index contributed by atoms with van der Waals surface area (Å²) in [5.74, 6) is -0.183. The van der Waals surface area contributed by atoms with Crippen LogP contribution in [0.2, 0.25) is 0 Å². The zero-order valence-electron chi connectivity index (χ0n) is 11.6. The number of hydrogen-bond donors (Lipinski definition) is 0. The van der Waals surface area contributed by atoms with Crippen LogP contribution >= 0.6 is 11.3 Å². The smallest absolute Gasteiger partial charge is 0.264 e. The Kier molecular flexibility index (Phi) is 6.52. The summed E-state index contributed by atoms with van der Waals surface area (Å²) in [4.78, 5) is 27.6. The van der Waals surface area contributed by atoms with E-state index in [-0.39, 0.29) is 18.4 Å². The van der Waals surface area contributed by atoms with Gasteiger partial charge in [0.2, 0.25) is 5.91 Å². The zero-order valence-corrected chi connectivity index (χ0v) is 12.4. The molecule has 2 amide bonds. The molecule has 0 spiro atoms. The van der Waals surface area contributed by atoms with Crippen LogP contribution in [0.3, 0.4) is 0 Å². The van der Waals surface area contributed by atoms with Gasteiger partial charge in [-0.25, -0.2) is 0 Å². The van der Waals surface area contributed by atoms with Crippen LogP contribution in [0, 0.1) is 0 Å². The van der Waals surface area contributed by atoms with Crippen LogP contribution in [-0.4, -0.2) is 62.5 Å². The van der Waals surface area contributed by atoms with Crippen molar-refractivity contribution in [2.45, 2.75) is 6.42 Å². The number of likely N-dealkylation sites (N-methyl/N-ethyl adjacent to an activating group) is 2. The molecule has 1 aromatic rings. The van der Waals surface area contributed by atoms with E-state index in [0.29, 0.717) is 18.0 Å². The summed E-state index contributed by atoms with van der Waals surface area (Å²) in [6.45, 7) is 1.36. The van der Waals surface area contributed by atoms with Gasteiger partial charge < -0.3 is 14.5 Å². The van der Waals surface area contributed by atoms with E-state index < -0.39 is 0 Å². The highest BCUT2D eigenvalue weighted by atomic mass is 32.1. The Hall–Kier alpha value is -1.40. The molecular weight excluding hydrogens is 264 g/mol. The van der Waals surface area contributed by atoms with Crippen molar-refractivity contribution in [3.8, 4) is 0 Å². The molecule has 0 aliphatic rings. The Morgan fingerprint density at radius 2 is 2.05 bits per heavy atom. The Labute approximate surface area is 117 Å². The Morgan fingerprint density at radius 1 is 1.32 bits per heavy atom. The lowest BCUT2D eigenvalue weighted by molar-refractivity contribution is -0.130. The largest absolute Gasteiger partial charge is 0.385 e. The fraction of sp³-hybridized carbons (Fsp3) is 0.538. The molecule has 0 saturated heterocycles. The van der Waals surface area contributed by atoms with Crippen LogP contribution in [0.4, 0.5) is 0 Å². The SMILES string of the molecule is COCCCN(C)C(=O)CN(C)C(=O)c1cccs1. The number of methoxy groups -OCH3 is 1. The van der Waals surface area contributed by atoms with Gasteiger partial charge in [-0.3, -0.25) is 9.59 Å². The van der Waals surface area contributed by atoms with Crippen LogP contribution in [-0.2, 0) is 9.53 Å². The van der Waals surface area contributed by atoms with Gasteiger partial charge in [0.15, 0.2) is 0 Å². The number of nitrogens with zero attached hydrogens (tertiary/aromatic N) is 2. The minimum atomic E-state index is -0.117. The van der Waals surface area contributed by atoms with Gasteiger partial charge >= 0.3 is 0 Å². The summed E-state index contributed by atoms with van der Waals surface area (Å²) in [6, 6.07) is 3.58. The third-order valence-corrected chi connectivity index (χ3v) is 3.58. The number of carbonyl (C=O) groups excluding carboxylic acids is 2. The molecule has 19 heavy (non-hydrogen) atoms. The van der Waals surface area contributed by atoms with Crippen molar-refractivity contribution in [2.24, 2.45) is 0 Å². The monoisotopic (exact) mass is 284 g/mol. The third-order valence-electron chi connectivity index (χ3n) is 2.72. The van der Waals surface area contributed by atoms with Crippen molar-refractivity contribution in [1.82, 2.24) is 9.80 Å². The summed E-state index contributed by atoms with van der Waals surface area (Å²) >= 11 is 1.38. The third kappa shape index (κ3) is 5.00. The lowest BCUT2D eigenvalue weighted by Gasteiger charge is -2.21. The molecular formula is C13H20N2O3S. The second kappa shape index (κ2) is 7.91. The molecule has 0 saturated carbocycles. The van der Waals surface area contributed by atoms with Crippen LogP contribution in [0.25, 0.3) is 0 Å². The van der Waals surface area contributed by atoms with Crippen molar-refractivity contribution in [2.75, 3.05) is 40.9 Å². The molecule has 0 unspecified atom stereocenters. The maximum absolute atomic E-state index is 12.0. The second-order valence-corrected chi connectivity index (χ2v) is 5.25. The molecule has 1 aromatic heterocycles. The van der Waals surface area contributed by atoms with Gasteiger partial charge in [-0.2, -0.15) is 0 Å². The molecule has 1 heterocycles. The molecule has 0 aliphatic heterocycles. The molecule has 0 atom stereocenters. The number of thiophene rings is 1. The van der Waals surface area contributed by atoms with Gasteiger partial charge in [-0.15, -0.1) is 11.3 Å². The number of amides is 2. The highest BCUT2D eigenvalue weighted by Gasteiger charge is 2.17. The molecule has 0 aromatic carbocycles. The number of ether oxygens (including phenoxy) is 1. The van der Waals surface area contributed by atoms with Gasteiger partial charge in [0.05, 0.1) is 11.4 Å². The van der Waals surface area contributed by atoms with Gasteiger partial charge in [-0.1, -0.05) is 6.07 Å². The average Bonchev–Trinajstić information content (AvgIpc) is 2.91. The van der Waals surface area contributed by atoms with Gasteiger partial charge in [0.25, 0.3) is 5.91 Å². The summed E-state index contributed by atoms with van der Waals surface area (Å²) in [7, 11) is 5.01. The van der Waals surface area contributed by atoms with E-state index in [4.69, 9.17) is 4.74 Å². The van der Waals surface area contributed by atoms with Crippen LogP contribution in [0.1, 0.15) is 16.1 Å². The Bertz CT molecular complexity index is 406. The van der Waals surface area contributed by atoms with Crippen LogP contribution < -0.4 is 0 Å². The highest BCUT2D eigenvalue weighted by Crippen LogP contribution is 2.11. The molecule has 106 valence electrons. The lowest BCUT2D eigenvalue weighted by atomic mass is 10.3. The molecule has 0 fully saturated rings. The van der Waals surface area contributed by atoms with Gasteiger partial charge in [-0.05, 0) is 17.9 Å². The normalized spacial score (nSPS) is 10.3. The predicted octanol–water partition coefficient (Wildman–Crippen LogP) is 1.31. The van der Waals surface area contributed by atoms with Crippen molar-refractivity contribution < 1.29 is 14.3 Å². The first kappa shape index (κ1) is 15.7. The van der Waals surface area contributed by atoms with E-state index in [9.17, 15) is 9.59 Å². The molecule has 5 nitrogen and oxygen atoms in total. The molecule has 0 bridgehead atoms. The first-order chi connectivity index (χ1) is 9.06. The lowest BCUT2D eigenvalue weighted by Crippen LogP contribution is -2.39. The maximum Gasteiger partial charge on any atom is 0.264 e.